The predicted octanol–water partition coefficient (Wildman–Crippen LogP) is 2.39. The molecule has 0 radical (unpaired) electrons. The number of methoxy groups -OCH3 is 1. The van der Waals surface area contributed by atoms with E-state index in [1.54, 1.807) is 7.11 Å². The molecule has 1 aromatic rings. The molecule has 1 atom stereocenters. The standard InChI is InChI=1S/C15H26N4O/c1-6-12-17-13(16-4)11(2)14(18-12)19-9-7-8-15(3,10-19)20-5/h6-10H2,1-5H3,(H,16,17,18). The van der Waals surface area contributed by atoms with Crippen molar-refractivity contribution in [1.29, 1.82) is 0 Å². The third kappa shape index (κ3) is 2.87. The maximum atomic E-state index is 5.68. The van der Waals surface area contributed by atoms with Crippen LogP contribution in [0.15, 0.2) is 0 Å². The lowest BCUT2D eigenvalue weighted by Crippen LogP contribution is -2.48. The van der Waals surface area contributed by atoms with Gasteiger partial charge in [0, 0.05) is 39.2 Å². The summed E-state index contributed by atoms with van der Waals surface area (Å²) >= 11 is 0. The van der Waals surface area contributed by atoms with Crippen molar-refractivity contribution in [3.8, 4) is 0 Å². The van der Waals surface area contributed by atoms with Crippen LogP contribution in [0.3, 0.4) is 0 Å². The Morgan fingerprint density at radius 1 is 1.40 bits per heavy atom. The molecule has 0 bridgehead atoms. The van der Waals surface area contributed by atoms with E-state index in [9.17, 15) is 0 Å². The average Bonchev–Trinajstić information content (AvgIpc) is 2.47. The lowest BCUT2D eigenvalue weighted by Gasteiger charge is -2.40. The van der Waals surface area contributed by atoms with Gasteiger partial charge < -0.3 is 15.0 Å². The molecule has 5 heteroatoms. The normalized spacial score (nSPS) is 22.9. The number of hydrogen-bond acceptors (Lipinski definition) is 5. The SMILES string of the molecule is CCc1nc(NC)c(C)c(N2CCCC(C)(OC)C2)n1. The lowest BCUT2D eigenvalue weighted by molar-refractivity contribution is -0.00484. The number of ether oxygens (including phenoxy) is 1. The summed E-state index contributed by atoms with van der Waals surface area (Å²) in [6, 6.07) is 0. The molecule has 1 saturated heterocycles. The van der Waals surface area contributed by atoms with Crippen molar-refractivity contribution in [3.63, 3.8) is 0 Å². The van der Waals surface area contributed by atoms with Crippen LogP contribution in [0.1, 0.15) is 38.1 Å². The van der Waals surface area contributed by atoms with E-state index in [-0.39, 0.29) is 5.60 Å². The van der Waals surface area contributed by atoms with E-state index in [2.05, 4.69) is 36.0 Å². The van der Waals surface area contributed by atoms with Crippen LogP contribution < -0.4 is 10.2 Å². The number of aromatic nitrogens is 2. The van der Waals surface area contributed by atoms with Crippen LogP contribution in [0.4, 0.5) is 11.6 Å². The van der Waals surface area contributed by atoms with Gasteiger partial charge in [-0.2, -0.15) is 0 Å². The Balaban J connectivity index is 2.36. The molecular formula is C15H26N4O. The van der Waals surface area contributed by atoms with E-state index < -0.39 is 0 Å². The Morgan fingerprint density at radius 2 is 2.15 bits per heavy atom. The summed E-state index contributed by atoms with van der Waals surface area (Å²) in [6.45, 7) is 8.26. The minimum absolute atomic E-state index is 0.0815. The van der Waals surface area contributed by atoms with Gasteiger partial charge in [0.05, 0.1) is 5.60 Å². The zero-order valence-electron chi connectivity index (χ0n) is 13.3. The molecule has 0 saturated carbocycles. The molecule has 1 N–H and O–H groups in total. The van der Waals surface area contributed by atoms with Crippen LogP contribution in [-0.2, 0) is 11.2 Å². The second-order valence-corrected chi connectivity index (χ2v) is 5.72. The number of nitrogens with one attached hydrogen (secondary N) is 1. The average molecular weight is 278 g/mol. The van der Waals surface area contributed by atoms with Crippen LogP contribution in [-0.4, -0.2) is 42.8 Å². The monoisotopic (exact) mass is 278 g/mol. The van der Waals surface area contributed by atoms with Crippen molar-refractivity contribution in [3.05, 3.63) is 11.4 Å². The van der Waals surface area contributed by atoms with E-state index in [0.717, 1.165) is 55.4 Å². The van der Waals surface area contributed by atoms with Gasteiger partial charge in [0.1, 0.15) is 17.5 Å². The van der Waals surface area contributed by atoms with Crippen molar-refractivity contribution in [2.45, 2.75) is 45.6 Å². The summed E-state index contributed by atoms with van der Waals surface area (Å²) in [5.74, 6) is 2.86. The summed E-state index contributed by atoms with van der Waals surface area (Å²) in [4.78, 5) is 11.6. The largest absolute Gasteiger partial charge is 0.377 e. The van der Waals surface area contributed by atoms with Gasteiger partial charge in [-0.3, -0.25) is 0 Å². The first-order valence-corrected chi connectivity index (χ1v) is 7.38. The topological polar surface area (TPSA) is 50.3 Å². The Hall–Kier alpha value is -1.36. The molecule has 0 aliphatic carbocycles. The molecule has 1 aromatic heterocycles. The summed E-state index contributed by atoms with van der Waals surface area (Å²) in [6.07, 6.45) is 3.07. The Morgan fingerprint density at radius 3 is 2.75 bits per heavy atom. The molecule has 0 spiro atoms. The first kappa shape index (κ1) is 15.0. The van der Waals surface area contributed by atoms with Gasteiger partial charge in [-0.1, -0.05) is 6.92 Å². The lowest BCUT2D eigenvalue weighted by atomic mass is 9.94. The van der Waals surface area contributed by atoms with Crippen molar-refractivity contribution >= 4 is 11.6 Å². The molecule has 1 unspecified atom stereocenters. The van der Waals surface area contributed by atoms with Gasteiger partial charge in [-0.15, -0.1) is 0 Å². The molecule has 2 rings (SSSR count). The molecule has 5 nitrogen and oxygen atoms in total. The van der Waals surface area contributed by atoms with Crippen molar-refractivity contribution in [2.24, 2.45) is 0 Å². The fourth-order valence-corrected chi connectivity index (χ4v) is 2.81. The van der Waals surface area contributed by atoms with E-state index in [1.165, 1.54) is 0 Å². The Kier molecular flexibility index (Phi) is 4.48. The van der Waals surface area contributed by atoms with Crippen LogP contribution >= 0.6 is 0 Å². The van der Waals surface area contributed by atoms with E-state index in [4.69, 9.17) is 9.72 Å². The minimum atomic E-state index is -0.0815. The smallest absolute Gasteiger partial charge is 0.137 e. The molecule has 112 valence electrons. The molecule has 1 aliphatic rings. The highest BCUT2D eigenvalue weighted by molar-refractivity contribution is 5.58. The number of rotatable bonds is 4. The summed E-state index contributed by atoms with van der Waals surface area (Å²) in [5, 5.41) is 3.18. The molecule has 1 fully saturated rings. The molecule has 0 amide bonds. The van der Waals surface area contributed by atoms with Gasteiger partial charge in [0.25, 0.3) is 0 Å². The number of aryl methyl sites for hydroxylation is 1. The third-order valence-corrected chi connectivity index (χ3v) is 4.17. The van der Waals surface area contributed by atoms with Crippen LogP contribution in [0.2, 0.25) is 0 Å². The summed E-state index contributed by atoms with van der Waals surface area (Å²) < 4.78 is 5.68. The van der Waals surface area contributed by atoms with Crippen LogP contribution in [0.25, 0.3) is 0 Å². The molecule has 1 aliphatic heterocycles. The van der Waals surface area contributed by atoms with Crippen molar-refractivity contribution in [1.82, 2.24) is 9.97 Å². The molecular weight excluding hydrogens is 252 g/mol. The van der Waals surface area contributed by atoms with E-state index in [1.807, 2.05) is 7.05 Å². The minimum Gasteiger partial charge on any atom is -0.377 e. The first-order valence-electron chi connectivity index (χ1n) is 7.38. The highest BCUT2D eigenvalue weighted by Crippen LogP contribution is 2.30. The number of anilines is 2. The summed E-state index contributed by atoms with van der Waals surface area (Å²) in [7, 11) is 3.71. The van der Waals surface area contributed by atoms with Gasteiger partial charge >= 0.3 is 0 Å². The highest BCUT2D eigenvalue weighted by atomic mass is 16.5. The Labute approximate surface area is 121 Å². The molecule has 0 aromatic carbocycles. The maximum absolute atomic E-state index is 5.68. The van der Waals surface area contributed by atoms with Crippen LogP contribution in [0, 0.1) is 6.92 Å². The molecule has 20 heavy (non-hydrogen) atoms. The van der Waals surface area contributed by atoms with Gasteiger partial charge in [0.2, 0.25) is 0 Å². The number of nitrogens with zero attached hydrogens (tertiary/aromatic N) is 3. The third-order valence-electron chi connectivity index (χ3n) is 4.17. The second-order valence-electron chi connectivity index (χ2n) is 5.72. The summed E-state index contributed by atoms with van der Waals surface area (Å²) in [5.41, 5.74) is 1.03. The van der Waals surface area contributed by atoms with Crippen molar-refractivity contribution < 1.29 is 4.74 Å². The highest BCUT2D eigenvalue weighted by Gasteiger charge is 2.32. The second kappa shape index (κ2) is 5.95. The van der Waals surface area contributed by atoms with Gasteiger partial charge in [0.15, 0.2) is 0 Å². The predicted molar refractivity (Wildman–Crippen MR) is 82.6 cm³/mol. The quantitative estimate of drug-likeness (QED) is 0.916. The van der Waals surface area contributed by atoms with E-state index >= 15 is 0 Å². The number of piperidine rings is 1. The van der Waals surface area contributed by atoms with Gasteiger partial charge in [-0.05, 0) is 26.7 Å². The van der Waals surface area contributed by atoms with Crippen molar-refractivity contribution in [2.75, 3.05) is 37.5 Å². The van der Waals surface area contributed by atoms with Gasteiger partial charge in [-0.25, -0.2) is 9.97 Å². The van der Waals surface area contributed by atoms with E-state index in [0.29, 0.717) is 0 Å². The Bertz CT molecular complexity index is 477. The zero-order chi connectivity index (χ0) is 14.8. The fraction of sp³-hybridized carbons (Fsp3) is 0.733. The fourth-order valence-electron chi connectivity index (χ4n) is 2.81. The van der Waals surface area contributed by atoms with Crippen LogP contribution in [0.5, 0.6) is 0 Å². The molecule has 2 heterocycles. The zero-order valence-corrected chi connectivity index (χ0v) is 13.3. The first-order chi connectivity index (χ1) is 9.53. The number of hydrogen-bond donors (Lipinski definition) is 1. The maximum Gasteiger partial charge on any atom is 0.137 e.